The molecule has 2 aromatic carbocycles. The van der Waals surface area contributed by atoms with Crippen molar-refractivity contribution >= 4 is 21.8 Å². The zero-order valence-electron chi connectivity index (χ0n) is 19.0. The molecule has 1 aliphatic heterocycles. The molecule has 0 unspecified atom stereocenters. The molecule has 0 spiro atoms. The Bertz CT molecular complexity index is 1400. The number of nitrogens with zero attached hydrogens (tertiary/aromatic N) is 5. The van der Waals surface area contributed by atoms with Crippen LogP contribution in [0.4, 0.5) is 0 Å². The molecule has 0 bridgehead atoms. The highest BCUT2D eigenvalue weighted by Gasteiger charge is 2.21. The minimum atomic E-state index is 0.606. The van der Waals surface area contributed by atoms with Gasteiger partial charge in [-0.1, -0.05) is 12.1 Å². The zero-order valence-corrected chi connectivity index (χ0v) is 19.0. The zero-order chi connectivity index (χ0) is 22.4. The van der Waals surface area contributed by atoms with Gasteiger partial charge in [0, 0.05) is 60.3 Å². The lowest BCUT2D eigenvalue weighted by Crippen LogP contribution is -2.48. The van der Waals surface area contributed by atoms with E-state index in [0.29, 0.717) is 11.9 Å². The van der Waals surface area contributed by atoms with E-state index >= 15 is 0 Å². The van der Waals surface area contributed by atoms with E-state index in [1.807, 2.05) is 35.4 Å². The van der Waals surface area contributed by atoms with Crippen LogP contribution >= 0.6 is 0 Å². The van der Waals surface area contributed by atoms with E-state index < -0.39 is 0 Å². The van der Waals surface area contributed by atoms with Gasteiger partial charge in [-0.2, -0.15) is 5.10 Å². The Morgan fingerprint density at radius 2 is 1.82 bits per heavy atom. The third kappa shape index (κ3) is 3.63. The molecule has 1 N–H and O–H groups in total. The van der Waals surface area contributed by atoms with Crippen molar-refractivity contribution in [3.63, 3.8) is 0 Å². The predicted octanol–water partition coefficient (Wildman–Crippen LogP) is 4.69. The number of aromatic nitrogens is 4. The molecule has 5 aromatic rings. The summed E-state index contributed by atoms with van der Waals surface area (Å²) in [5.74, 6) is 1.56. The average Bonchev–Trinajstić information content (AvgIpc) is 3.58. The lowest BCUT2D eigenvalue weighted by molar-refractivity contribution is 0.0992. The minimum Gasteiger partial charge on any atom is -0.440 e. The van der Waals surface area contributed by atoms with Crippen molar-refractivity contribution in [2.24, 2.45) is 0 Å². The highest BCUT2D eigenvalue weighted by Crippen LogP contribution is 2.31. The van der Waals surface area contributed by atoms with E-state index in [1.165, 1.54) is 0 Å². The molecule has 168 valence electrons. The summed E-state index contributed by atoms with van der Waals surface area (Å²) >= 11 is 0. The number of hydrogen-bond acceptors (Lipinski definition) is 5. The Balaban J connectivity index is 1.28. The fourth-order valence-electron chi connectivity index (χ4n) is 4.85. The maximum atomic E-state index is 6.22. The number of fused-ring (bicyclic) bond motifs is 2. The molecule has 7 heteroatoms. The molecule has 3 aromatic heterocycles. The predicted molar refractivity (Wildman–Crippen MR) is 130 cm³/mol. The SMILES string of the molecule is CC(C)N1CCN(Cc2cnc(-c3cccc4c3cnn4-c3cccc4[nH]ccc34)o2)CC1. The third-order valence-electron chi connectivity index (χ3n) is 6.71. The molecule has 4 heterocycles. The maximum absolute atomic E-state index is 6.22. The summed E-state index contributed by atoms with van der Waals surface area (Å²) in [5, 5.41) is 6.90. The number of hydrogen-bond donors (Lipinski definition) is 1. The molecule has 33 heavy (non-hydrogen) atoms. The van der Waals surface area contributed by atoms with Crippen LogP contribution in [0, 0.1) is 0 Å². The van der Waals surface area contributed by atoms with Gasteiger partial charge in [0.2, 0.25) is 5.89 Å². The van der Waals surface area contributed by atoms with Crippen molar-refractivity contribution in [1.29, 1.82) is 0 Å². The summed E-state index contributed by atoms with van der Waals surface area (Å²) in [6.07, 6.45) is 5.74. The minimum absolute atomic E-state index is 0.606. The summed E-state index contributed by atoms with van der Waals surface area (Å²) < 4.78 is 8.21. The van der Waals surface area contributed by atoms with Gasteiger partial charge < -0.3 is 9.40 Å². The van der Waals surface area contributed by atoms with Crippen LogP contribution in [0.25, 0.3) is 38.9 Å². The van der Waals surface area contributed by atoms with Crippen LogP contribution in [0.3, 0.4) is 0 Å². The smallest absolute Gasteiger partial charge is 0.227 e. The number of nitrogens with one attached hydrogen (secondary N) is 1. The summed E-state index contributed by atoms with van der Waals surface area (Å²) in [7, 11) is 0. The molecule has 0 radical (unpaired) electrons. The van der Waals surface area contributed by atoms with Gasteiger partial charge in [0.15, 0.2) is 0 Å². The molecule has 1 aliphatic rings. The number of benzene rings is 2. The first-order valence-electron chi connectivity index (χ1n) is 11.6. The Hall–Kier alpha value is -3.42. The molecule has 7 nitrogen and oxygen atoms in total. The van der Waals surface area contributed by atoms with Crippen LogP contribution in [0.1, 0.15) is 19.6 Å². The number of piperazine rings is 1. The number of rotatable bonds is 5. The van der Waals surface area contributed by atoms with Crippen LogP contribution < -0.4 is 0 Å². The largest absolute Gasteiger partial charge is 0.440 e. The standard InChI is InChI=1S/C26H28N6O/c1-18(2)31-13-11-30(12-14-31)17-19-15-28-26(33-19)20-5-3-7-25-22(20)16-29-32(25)24-8-4-6-23-21(24)9-10-27-23/h3-10,15-16,18,27H,11-14,17H2,1-2H3. The molecular weight excluding hydrogens is 412 g/mol. The molecule has 0 amide bonds. The van der Waals surface area contributed by atoms with Crippen molar-refractivity contribution in [3.8, 4) is 17.1 Å². The second-order valence-electron chi connectivity index (χ2n) is 9.05. The summed E-state index contributed by atoms with van der Waals surface area (Å²) in [5.41, 5.74) is 4.15. The highest BCUT2D eigenvalue weighted by molar-refractivity contribution is 5.95. The fraction of sp³-hybridized carbons (Fsp3) is 0.308. The van der Waals surface area contributed by atoms with Crippen LogP contribution in [0.15, 0.2) is 65.5 Å². The second-order valence-corrected chi connectivity index (χ2v) is 9.05. The number of H-pyrrole nitrogens is 1. The van der Waals surface area contributed by atoms with Crippen molar-refractivity contribution in [2.45, 2.75) is 26.4 Å². The van der Waals surface area contributed by atoms with E-state index in [9.17, 15) is 0 Å². The molecule has 0 atom stereocenters. The monoisotopic (exact) mass is 440 g/mol. The Kier molecular flexibility index (Phi) is 5.00. The number of aromatic amines is 1. The maximum Gasteiger partial charge on any atom is 0.227 e. The Labute approximate surface area is 192 Å². The first-order valence-corrected chi connectivity index (χ1v) is 11.6. The molecule has 0 saturated carbocycles. The first-order chi connectivity index (χ1) is 16.2. The third-order valence-corrected chi connectivity index (χ3v) is 6.71. The average molecular weight is 441 g/mol. The quantitative estimate of drug-likeness (QED) is 0.430. The Morgan fingerprint density at radius 3 is 2.67 bits per heavy atom. The van der Waals surface area contributed by atoms with Gasteiger partial charge in [0.1, 0.15) is 5.76 Å². The lowest BCUT2D eigenvalue weighted by Gasteiger charge is -2.36. The van der Waals surface area contributed by atoms with E-state index in [4.69, 9.17) is 9.52 Å². The molecule has 1 saturated heterocycles. The van der Waals surface area contributed by atoms with Gasteiger partial charge in [-0.3, -0.25) is 9.80 Å². The van der Waals surface area contributed by atoms with E-state index in [-0.39, 0.29) is 0 Å². The topological polar surface area (TPSA) is 66.1 Å². The van der Waals surface area contributed by atoms with E-state index in [0.717, 1.165) is 71.5 Å². The molecular formula is C26H28N6O. The van der Waals surface area contributed by atoms with Gasteiger partial charge in [-0.05, 0) is 44.2 Å². The van der Waals surface area contributed by atoms with Gasteiger partial charge in [0.25, 0.3) is 0 Å². The second kappa shape index (κ2) is 8.17. The van der Waals surface area contributed by atoms with Gasteiger partial charge in [-0.25, -0.2) is 9.67 Å². The lowest BCUT2D eigenvalue weighted by atomic mass is 10.1. The van der Waals surface area contributed by atoms with E-state index in [1.54, 1.807) is 0 Å². The van der Waals surface area contributed by atoms with Crippen molar-refractivity contribution in [1.82, 2.24) is 29.5 Å². The van der Waals surface area contributed by atoms with Gasteiger partial charge in [0.05, 0.1) is 30.1 Å². The normalized spacial score (nSPS) is 15.8. The molecule has 1 fully saturated rings. The van der Waals surface area contributed by atoms with Gasteiger partial charge >= 0.3 is 0 Å². The van der Waals surface area contributed by atoms with Gasteiger partial charge in [-0.15, -0.1) is 0 Å². The van der Waals surface area contributed by atoms with Crippen LogP contribution in [0.2, 0.25) is 0 Å². The van der Waals surface area contributed by atoms with Crippen LogP contribution in [0.5, 0.6) is 0 Å². The Morgan fingerprint density at radius 1 is 0.970 bits per heavy atom. The highest BCUT2D eigenvalue weighted by atomic mass is 16.4. The fourth-order valence-corrected chi connectivity index (χ4v) is 4.85. The number of oxazole rings is 1. The van der Waals surface area contributed by atoms with Crippen molar-refractivity contribution in [3.05, 3.63) is 66.8 Å². The van der Waals surface area contributed by atoms with Crippen LogP contribution in [-0.2, 0) is 6.54 Å². The van der Waals surface area contributed by atoms with Crippen molar-refractivity contribution in [2.75, 3.05) is 26.2 Å². The van der Waals surface area contributed by atoms with Crippen LogP contribution in [-0.4, -0.2) is 61.8 Å². The van der Waals surface area contributed by atoms with Crippen molar-refractivity contribution < 1.29 is 4.42 Å². The summed E-state index contributed by atoms with van der Waals surface area (Å²) in [6, 6.07) is 15.1. The summed E-state index contributed by atoms with van der Waals surface area (Å²) in [4.78, 5) is 12.9. The first kappa shape index (κ1) is 20.2. The molecule has 0 aliphatic carbocycles. The van der Waals surface area contributed by atoms with E-state index in [2.05, 4.69) is 63.9 Å². The molecule has 6 rings (SSSR count). The summed E-state index contributed by atoms with van der Waals surface area (Å²) in [6.45, 7) is 9.64.